The topological polar surface area (TPSA) is 89.5 Å². The van der Waals surface area contributed by atoms with Crippen LogP contribution in [0.5, 0.6) is 5.75 Å². The number of aromatic nitrogens is 4. The summed E-state index contributed by atoms with van der Waals surface area (Å²) in [5, 5.41) is 4.11. The van der Waals surface area contributed by atoms with Gasteiger partial charge in [0.25, 0.3) is 0 Å². The molecule has 9 heteroatoms. The van der Waals surface area contributed by atoms with Gasteiger partial charge in [0.1, 0.15) is 17.9 Å². The fourth-order valence-electron chi connectivity index (χ4n) is 4.83. The number of ether oxygens (including phenoxy) is 1. The van der Waals surface area contributed by atoms with E-state index in [1.54, 1.807) is 19.3 Å². The van der Waals surface area contributed by atoms with Crippen molar-refractivity contribution in [2.24, 2.45) is 0 Å². The Labute approximate surface area is 204 Å². The third-order valence-corrected chi connectivity index (χ3v) is 6.50. The zero-order valence-electron chi connectivity index (χ0n) is 20.4. The minimum atomic E-state index is 0.140. The van der Waals surface area contributed by atoms with Gasteiger partial charge < -0.3 is 23.6 Å². The van der Waals surface area contributed by atoms with Crippen LogP contribution in [0, 0.1) is 13.8 Å². The van der Waals surface area contributed by atoms with Crippen LogP contribution in [0.1, 0.15) is 24.8 Å². The molecule has 0 unspecified atom stereocenters. The van der Waals surface area contributed by atoms with Crippen LogP contribution in [-0.2, 0) is 11.3 Å². The highest BCUT2D eigenvalue weighted by atomic mass is 16.5. The summed E-state index contributed by atoms with van der Waals surface area (Å²) in [5.41, 5.74) is 4.80. The van der Waals surface area contributed by atoms with E-state index in [2.05, 4.69) is 31.7 Å². The lowest BCUT2D eigenvalue weighted by atomic mass is 10.0. The van der Waals surface area contributed by atoms with Crippen LogP contribution < -0.4 is 9.64 Å². The summed E-state index contributed by atoms with van der Waals surface area (Å²) in [5.74, 6) is 2.74. The molecule has 9 nitrogen and oxygen atoms in total. The van der Waals surface area contributed by atoms with Crippen LogP contribution in [0.2, 0.25) is 0 Å². The maximum atomic E-state index is 11.8. The van der Waals surface area contributed by atoms with Crippen molar-refractivity contribution in [1.82, 2.24) is 24.6 Å². The molecule has 0 radical (unpaired) electrons. The number of hydrogen-bond donors (Lipinski definition) is 0. The van der Waals surface area contributed by atoms with Crippen molar-refractivity contribution in [3.8, 4) is 16.9 Å². The lowest BCUT2D eigenvalue weighted by molar-refractivity contribution is -0.128. The van der Waals surface area contributed by atoms with E-state index in [0.717, 1.165) is 84.5 Å². The normalized spacial score (nSPS) is 15.3. The van der Waals surface area contributed by atoms with E-state index in [0.29, 0.717) is 6.61 Å². The molecule has 0 saturated carbocycles. The third-order valence-electron chi connectivity index (χ3n) is 6.50. The number of aryl methyl sites for hydroxylation is 2. The standard InChI is InChI=1S/C21H25N5O3.C5H5N/c1-13-18(14(2)29-23-13)16-5-6-17-19-20(16)28-12-11-26(19)21(22-17)25-8-4-7-24(9-10-25)15(3)27;1-2-4-6-5-3-1/h5-6H,4,7-12H2,1-3H3;1-5H. The lowest BCUT2D eigenvalue weighted by Gasteiger charge is -2.25. The molecule has 5 heterocycles. The summed E-state index contributed by atoms with van der Waals surface area (Å²) in [6.07, 6.45) is 4.44. The number of carbonyl (C=O) groups excluding carboxylic acids is 1. The number of nitrogens with zero attached hydrogens (tertiary/aromatic N) is 6. The molecular weight excluding hydrogens is 444 g/mol. The highest BCUT2D eigenvalue weighted by Crippen LogP contribution is 2.42. The van der Waals surface area contributed by atoms with Gasteiger partial charge in [0.2, 0.25) is 11.9 Å². The van der Waals surface area contributed by atoms with E-state index in [4.69, 9.17) is 14.2 Å². The first kappa shape index (κ1) is 22.9. The van der Waals surface area contributed by atoms with Crippen LogP contribution in [0.4, 0.5) is 5.95 Å². The minimum Gasteiger partial charge on any atom is -0.489 e. The molecule has 4 aromatic rings. The van der Waals surface area contributed by atoms with Gasteiger partial charge in [-0.25, -0.2) is 4.98 Å². The second-order valence-corrected chi connectivity index (χ2v) is 8.79. The summed E-state index contributed by atoms with van der Waals surface area (Å²) in [4.78, 5) is 24.7. The van der Waals surface area contributed by atoms with Crippen LogP contribution in [0.25, 0.3) is 22.2 Å². The molecule has 2 aliphatic rings. The van der Waals surface area contributed by atoms with Crippen molar-refractivity contribution >= 4 is 22.9 Å². The largest absolute Gasteiger partial charge is 0.489 e. The monoisotopic (exact) mass is 474 g/mol. The van der Waals surface area contributed by atoms with E-state index < -0.39 is 0 Å². The second kappa shape index (κ2) is 9.77. The number of benzene rings is 1. The van der Waals surface area contributed by atoms with Crippen molar-refractivity contribution in [3.63, 3.8) is 0 Å². The zero-order valence-corrected chi connectivity index (χ0v) is 20.4. The maximum Gasteiger partial charge on any atom is 0.219 e. The summed E-state index contributed by atoms with van der Waals surface area (Å²) in [7, 11) is 0. The van der Waals surface area contributed by atoms with Crippen molar-refractivity contribution in [2.45, 2.75) is 33.7 Å². The minimum absolute atomic E-state index is 0.140. The van der Waals surface area contributed by atoms with Gasteiger partial charge in [-0.15, -0.1) is 0 Å². The number of pyridine rings is 1. The molecule has 182 valence electrons. The Balaban J connectivity index is 0.000000371. The summed E-state index contributed by atoms with van der Waals surface area (Å²) < 4.78 is 13.8. The van der Waals surface area contributed by atoms with Gasteiger partial charge in [0.15, 0.2) is 5.75 Å². The molecule has 1 amide bonds. The Hall–Kier alpha value is -3.88. The fourth-order valence-corrected chi connectivity index (χ4v) is 4.83. The average Bonchev–Trinajstić information content (AvgIpc) is 3.30. The number of imidazole rings is 1. The molecule has 0 atom stereocenters. The van der Waals surface area contributed by atoms with Crippen LogP contribution in [0.3, 0.4) is 0 Å². The van der Waals surface area contributed by atoms with Crippen LogP contribution >= 0.6 is 0 Å². The molecule has 0 aliphatic carbocycles. The van der Waals surface area contributed by atoms with Gasteiger partial charge in [0.05, 0.1) is 23.3 Å². The molecule has 0 N–H and O–H groups in total. The average molecular weight is 475 g/mol. The Morgan fingerprint density at radius 2 is 1.83 bits per heavy atom. The predicted octanol–water partition coefficient (Wildman–Crippen LogP) is 3.84. The molecule has 0 spiro atoms. The molecular formula is C26H30N6O3. The molecule has 0 bridgehead atoms. The molecule has 1 saturated heterocycles. The number of carbonyl (C=O) groups is 1. The summed E-state index contributed by atoms with van der Waals surface area (Å²) >= 11 is 0. The predicted molar refractivity (Wildman–Crippen MR) is 134 cm³/mol. The fraction of sp³-hybridized carbons (Fsp3) is 0.385. The van der Waals surface area contributed by atoms with Crippen molar-refractivity contribution < 1.29 is 14.1 Å². The van der Waals surface area contributed by atoms with Crippen LogP contribution in [-0.4, -0.2) is 63.3 Å². The van der Waals surface area contributed by atoms with E-state index in [9.17, 15) is 4.79 Å². The Bertz CT molecular complexity index is 1280. The quantitative estimate of drug-likeness (QED) is 0.436. The van der Waals surface area contributed by atoms with Gasteiger partial charge in [-0.1, -0.05) is 11.2 Å². The Kier molecular flexibility index (Phi) is 6.39. The molecule has 1 aromatic carbocycles. The number of amides is 1. The van der Waals surface area contributed by atoms with Crippen molar-refractivity contribution in [3.05, 3.63) is 54.2 Å². The zero-order chi connectivity index (χ0) is 24.4. The van der Waals surface area contributed by atoms with E-state index in [1.807, 2.05) is 36.9 Å². The van der Waals surface area contributed by atoms with E-state index in [1.165, 1.54) is 0 Å². The van der Waals surface area contributed by atoms with Crippen molar-refractivity contribution in [2.75, 3.05) is 37.7 Å². The third kappa shape index (κ3) is 4.45. The summed E-state index contributed by atoms with van der Waals surface area (Å²) in [6, 6.07) is 9.82. The highest BCUT2D eigenvalue weighted by molar-refractivity contribution is 5.93. The second-order valence-electron chi connectivity index (χ2n) is 8.79. The molecule has 2 aliphatic heterocycles. The van der Waals surface area contributed by atoms with Gasteiger partial charge in [-0.2, -0.15) is 0 Å². The van der Waals surface area contributed by atoms with Gasteiger partial charge in [0, 0.05) is 51.1 Å². The molecule has 3 aromatic heterocycles. The smallest absolute Gasteiger partial charge is 0.219 e. The Morgan fingerprint density at radius 3 is 2.49 bits per heavy atom. The van der Waals surface area contributed by atoms with Gasteiger partial charge in [-0.3, -0.25) is 9.78 Å². The number of rotatable bonds is 2. The lowest BCUT2D eigenvalue weighted by Crippen LogP contribution is -2.34. The Morgan fingerprint density at radius 1 is 1.00 bits per heavy atom. The van der Waals surface area contributed by atoms with E-state index in [-0.39, 0.29) is 5.91 Å². The molecule has 1 fully saturated rings. The first-order valence-corrected chi connectivity index (χ1v) is 12.0. The van der Waals surface area contributed by atoms with Crippen molar-refractivity contribution in [1.29, 1.82) is 0 Å². The SMILES string of the molecule is CC(=O)N1CCCN(c2nc3ccc(-c4c(C)noc4C)c4c3n2CCO4)CC1.c1ccncc1. The first-order chi connectivity index (χ1) is 17.0. The van der Waals surface area contributed by atoms with Gasteiger partial charge in [-0.05, 0) is 44.5 Å². The highest BCUT2D eigenvalue weighted by Gasteiger charge is 2.28. The van der Waals surface area contributed by atoms with Gasteiger partial charge >= 0.3 is 0 Å². The molecule has 35 heavy (non-hydrogen) atoms. The number of hydrogen-bond acceptors (Lipinski definition) is 7. The van der Waals surface area contributed by atoms with E-state index >= 15 is 0 Å². The number of anilines is 1. The molecule has 6 rings (SSSR count). The summed E-state index contributed by atoms with van der Waals surface area (Å²) in [6.45, 7) is 10.1. The first-order valence-electron chi connectivity index (χ1n) is 12.0. The maximum absolute atomic E-state index is 11.8. The van der Waals surface area contributed by atoms with Crippen LogP contribution in [0.15, 0.2) is 47.2 Å².